The Hall–Kier alpha value is -5.26. The number of aromatic amines is 1. The Morgan fingerprint density at radius 1 is 1.04 bits per heavy atom. The van der Waals surface area contributed by atoms with Crippen molar-refractivity contribution in [3.63, 3.8) is 0 Å². The molecule has 3 fully saturated rings. The van der Waals surface area contributed by atoms with Crippen LogP contribution in [0.25, 0.3) is 10.8 Å². The number of nitrogens with one attached hydrogen (secondary N) is 4. The number of rotatable bonds is 13. The van der Waals surface area contributed by atoms with Gasteiger partial charge in [0.05, 0.1) is 12.4 Å². The van der Waals surface area contributed by atoms with E-state index in [9.17, 15) is 42.0 Å². The van der Waals surface area contributed by atoms with Crippen LogP contribution in [0.15, 0.2) is 47.9 Å². The number of likely N-dealkylation sites (tertiary alicyclic amines) is 2. The van der Waals surface area contributed by atoms with Crippen LogP contribution in [0.2, 0.25) is 0 Å². The minimum Gasteiger partial charge on any atom is -0.497 e. The predicted octanol–water partition coefficient (Wildman–Crippen LogP) is 1.62. The molecule has 54 heavy (non-hydrogen) atoms. The van der Waals surface area contributed by atoms with Gasteiger partial charge in [0.2, 0.25) is 33.7 Å². The lowest BCUT2D eigenvalue weighted by Gasteiger charge is -2.31. The van der Waals surface area contributed by atoms with Crippen molar-refractivity contribution in [3.8, 4) is 5.75 Å². The second-order valence-corrected chi connectivity index (χ2v) is 16.1. The lowest BCUT2D eigenvalue weighted by Crippen LogP contribution is -2.57. The quantitative estimate of drug-likeness (QED) is 0.169. The minimum atomic E-state index is -3.84. The normalized spacial score (nSPS) is 17.9. The van der Waals surface area contributed by atoms with E-state index in [1.165, 1.54) is 11.0 Å². The molecule has 0 spiro atoms. The molecule has 0 radical (unpaired) electrons. The number of pyridine rings is 1. The third kappa shape index (κ3) is 11.1. The van der Waals surface area contributed by atoms with E-state index >= 15 is 0 Å². The molecule has 0 bridgehead atoms. The lowest BCUT2D eigenvalue weighted by atomic mass is 10.1. The second kappa shape index (κ2) is 17.7. The van der Waals surface area contributed by atoms with Crippen molar-refractivity contribution in [1.29, 1.82) is 0 Å². The molecular weight excluding hydrogens is 724 g/mol. The molecule has 3 atom stereocenters. The monoisotopic (exact) mass is 772 g/mol. The number of fused-ring (bicyclic) bond motifs is 1. The van der Waals surface area contributed by atoms with E-state index in [1.807, 2.05) is 16.9 Å². The van der Waals surface area contributed by atoms with Gasteiger partial charge >= 0.3 is 6.09 Å². The van der Waals surface area contributed by atoms with Gasteiger partial charge in [-0.1, -0.05) is 6.08 Å². The summed E-state index contributed by atoms with van der Waals surface area (Å²) in [5, 5.41) is 5.97. The summed E-state index contributed by atoms with van der Waals surface area (Å²) in [5.74, 6) is -2.21. The number of aromatic nitrogens is 1. The van der Waals surface area contributed by atoms with Crippen LogP contribution in [-0.4, -0.2) is 108 Å². The SMILES string of the molecule is C=CC[C@@H](NC(=O)[C@@H]1CCCN1C(=O)[C@H](CCC(=O)N1CCC1=O)NC(=O)OC(C)(C)C)C(=O)NS(=O)(=O)C1CC1.COc1ccc2c(=O)[nH]ccc2c1. The standard InChI is InChI=1S/C26H39N5O9S.C10H9NO2/c1-5-7-17(22(34)29-41(38,39)16-9-10-16)27-23(35)19-8-6-14-30(19)24(36)18(28-25(37)40-26(2,3)4)11-12-20(32)31-15-13-21(31)33;1-13-8-2-3-9-7(6-8)4-5-11-10(9)12/h5,16-19H,1,6-15H2,2-4H3,(H,27,35)(H,28,37)(H,29,34);2-6H,1H3,(H,11,12)/t17-,18+,19+;/m1./s1. The van der Waals surface area contributed by atoms with Crippen LogP contribution in [0.1, 0.15) is 72.1 Å². The number of benzene rings is 1. The van der Waals surface area contributed by atoms with Gasteiger partial charge in [-0.05, 0) is 88.9 Å². The molecule has 2 aliphatic heterocycles. The molecule has 1 aromatic heterocycles. The van der Waals surface area contributed by atoms with Crippen LogP contribution in [0.4, 0.5) is 4.79 Å². The third-order valence-electron chi connectivity index (χ3n) is 8.85. The molecule has 17 nitrogen and oxygen atoms in total. The van der Waals surface area contributed by atoms with Gasteiger partial charge in [0.15, 0.2) is 0 Å². The molecule has 18 heteroatoms. The van der Waals surface area contributed by atoms with E-state index in [0.717, 1.165) is 16.0 Å². The van der Waals surface area contributed by atoms with Crippen molar-refractivity contribution in [2.45, 2.75) is 101 Å². The zero-order valence-electron chi connectivity index (χ0n) is 30.8. The van der Waals surface area contributed by atoms with Gasteiger partial charge in [0, 0.05) is 37.5 Å². The van der Waals surface area contributed by atoms with Gasteiger partial charge in [-0.15, -0.1) is 6.58 Å². The Labute approximate surface area is 313 Å². The fraction of sp³-hybridized carbons (Fsp3) is 0.528. The molecule has 0 unspecified atom stereocenters. The summed E-state index contributed by atoms with van der Waals surface area (Å²) in [6, 6.07) is 3.76. The largest absolute Gasteiger partial charge is 0.497 e. The van der Waals surface area contributed by atoms with E-state index < -0.39 is 68.7 Å². The number of amides is 6. The molecule has 1 saturated carbocycles. The number of ether oxygens (including phenoxy) is 2. The molecule has 3 heterocycles. The molecule has 2 saturated heterocycles. The van der Waals surface area contributed by atoms with E-state index in [0.29, 0.717) is 31.2 Å². The molecule has 5 rings (SSSR count). The van der Waals surface area contributed by atoms with Crippen LogP contribution in [0, 0.1) is 0 Å². The average Bonchev–Trinajstić information content (AvgIpc) is 3.86. The van der Waals surface area contributed by atoms with E-state index in [2.05, 4.69) is 22.2 Å². The zero-order valence-corrected chi connectivity index (χ0v) is 31.7. The molecule has 1 aromatic carbocycles. The highest BCUT2D eigenvalue weighted by molar-refractivity contribution is 7.90. The molecule has 4 N–H and O–H groups in total. The number of hydrogen-bond donors (Lipinski definition) is 4. The van der Waals surface area contributed by atoms with Crippen LogP contribution in [0.5, 0.6) is 5.75 Å². The summed E-state index contributed by atoms with van der Waals surface area (Å²) >= 11 is 0. The van der Waals surface area contributed by atoms with Gasteiger partial charge in [0.25, 0.3) is 11.5 Å². The Bertz CT molecular complexity index is 1940. The van der Waals surface area contributed by atoms with Crippen LogP contribution < -0.4 is 25.7 Å². The van der Waals surface area contributed by atoms with Gasteiger partial charge in [-0.25, -0.2) is 13.2 Å². The summed E-state index contributed by atoms with van der Waals surface area (Å²) in [4.78, 5) is 92.4. The smallest absolute Gasteiger partial charge is 0.408 e. The summed E-state index contributed by atoms with van der Waals surface area (Å²) in [5.41, 5.74) is -0.929. The summed E-state index contributed by atoms with van der Waals surface area (Å²) < 4.78 is 36.8. The number of methoxy groups -OCH3 is 1. The molecule has 3 aliphatic rings. The molecule has 6 amide bonds. The topological polar surface area (TPSA) is 230 Å². The maximum atomic E-state index is 13.6. The fourth-order valence-corrected chi connectivity index (χ4v) is 7.17. The molecule has 2 aromatic rings. The number of sulfonamides is 1. The maximum absolute atomic E-state index is 13.6. The highest BCUT2D eigenvalue weighted by Crippen LogP contribution is 2.27. The van der Waals surface area contributed by atoms with E-state index in [1.54, 1.807) is 46.2 Å². The highest BCUT2D eigenvalue weighted by Gasteiger charge is 2.41. The maximum Gasteiger partial charge on any atom is 0.408 e. The molecule has 294 valence electrons. The predicted molar refractivity (Wildman–Crippen MR) is 196 cm³/mol. The van der Waals surface area contributed by atoms with E-state index in [-0.39, 0.29) is 50.1 Å². The minimum absolute atomic E-state index is 0.0431. The number of hydrogen-bond acceptors (Lipinski definition) is 11. The third-order valence-corrected chi connectivity index (χ3v) is 10.7. The van der Waals surface area contributed by atoms with Crippen molar-refractivity contribution >= 4 is 56.4 Å². The van der Waals surface area contributed by atoms with Crippen LogP contribution in [0.3, 0.4) is 0 Å². The van der Waals surface area contributed by atoms with Crippen molar-refractivity contribution in [3.05, 3.63) is 53.5 Å². The first-order chi connectivity index (χ1) is 25.4. The fourth-order valence-electron chi connectivity index (χ4n) is 5.83. The van der Waals surface area contributed by atoms with Crippen molar-refractivity contribution in [1.82, 2.24) is 30.1 Å². The van der Waals surface area contributed by atoms with Gasteiger partial charge in [0.1, 0.15) is 29.5 Å². The van der Waals surface area contributed by atoms with Gasteiger partial charge in [-0.3, -0.25) is 38.4 Å². The molecular formula is C36H48N6O11S. The number of β-lactam (4-membered cyclic amide) rings is 1. The Morgan fingerprint density at radius 3 is 2.35 bits per heavy atom. The van der Waals surface area contributed by atoms with Crippen molar-refractivity contribution in [2.75, 3.05) is 20.2 Å². The number of H-pyrrole nitrogens is 1. The number of carbonyl (C=O) groups excluding carboxylic acids is 6. The average molecular weight is 773 g/mol. The number of nitrogens with zero attached hydrogens (tertiary/aromatic N) is 2. The van der Waals surface area contributed by atoms with E-state index in [4.69, 9.17) is 9.47 Å². The molecule has 1 aliphatic carbocycles. The van der Waals surface area contributed by atoms with Crippen molar-refractivity contribution in [2.24, 2.45) is 0 Å². The van der Waals surface area contributed by atoms with Crippen LogP contribution in [-0.2, 0) is 38.7 Å². The first-order valence-electron chi connectivity index (χ1n) is 17.7. The number of alkyl carbamates (subject to hydrolysis) is 1. The zero-order chi connectivity index (χ0) is 39.8. The number of imide groups is 1. The highest BCUT2D eigenvalue weighted by atomic mass is 32.2. The summed E-state index contributed by atoms with van der Waals surface area (Å²) in [7, 11) is -2.23. The first-order valence-corrected chi connectivity index (χ1v) is 19.2. The van der Waals surface area contributed by atoms with Gasteiger partial charge in [-0.2, -0.15) is 0 Å². The van der Waals surface area contributed by atoms with Crippen molar-refractivity contribution < 1.29 is 46.7 Å². The summed E-state index contributed by atoms with van der Waals surface area (Å²) in [6.07, 6.45) is 3.65. The van der Waals surface area contributed by atoms with Gasteiger partial charge < -0.3 is 30.0 Å². The first kappa shape index (κ1) is 41.5. The second-order valence-electron chi connectivity index (χ2n) is 14.2. The Balaban J connectivity index is 0.000000416. The lowest BCUT2D eigenvalue weighted by molar-refractivity contribution is -0.152. The Morgan fingerprint density at radius 2 is 1.76 bits per heavy atom. The van der Waals surface area contributed by atoms with Crippen LogP contribution >= 0.6 is 0 Å². The number of carbonyl (C=O) groups is 6. The Kier molecular flexibility index (Phi) is 13.6. The summed E-state index contributed by atoms with van der Waals surface area (Å²) in [6.45, 7) is 8.98.